The Labute approximate surface area is 198 Å². The largest absolute Gasteiger partial charge is 0.422 e. The average Bonchev–Trinajstić information content (AvgIpc) is 3.21. The van der Waals surface area contributed by atoms with E-state index in [9.17, 15) is 9.59 Å². The van der Waals surface area contributed by atoms with E-state index in [4.69, 9.17) is 16.0 Å². The van der Waals surface area contributed by atoms with E-state index in [1.807, 2.05) is 61.5 Å². The summed E-state index contributed by atoms with van der Waals surface area (Å²) < 4.78 is 6.43. The highest BCUT2D eigenvalue weighted by Gasteiger charge is 2.25. The Balaban J connectivity index is 1.64. The summed E-state index contributed by atoms with van der Waals surface area (Å²) >= 11 is 7.50. The maximum atomic E-state index is 13.7. The van der Waals surface area contributed by atoms with Gasteiger partial charge in [0.1, 0.15) is 11.1 Å². The Morgan fingerprint density at radius 3 is 2.67 bits per heavy atom. The highest BCUT2D eigenvalue weighted by molar-refractivity contribution is 7.22. The van der Waals surface area contributed by atoms with Gasteiger partial charge in [0.25, 0.3) is 5.91 Å². The molecule has 0 N–H and O–H groups in total. The lowest BCUT2D eigenvalue weighted by Crippen LogP contribution is -2.38. The molecule has 0 fully saturated rings. The molecule has 0 spiro atoms. The van der Waals surface area contributed by atoms with Crippen LogP contribution in [0.4, 0.5) is 5.13 Å². The van der Waals surface area contributed by atoms with E-state index < -0.39 is 11.5 Å². The van der Waals surface area contributed by atoms with Gasteiger partial charge in [-0.2, -0.15) is 0 Å². The molecule has 1 amide bonds. The molecule has 2 aromatic heterocycles. The third-order valence-corrected chi connectivity index (χ3v) is 6.73. The van der Waals surface area contributed by atoms with Crippen LogP contribution in [0.25, 0.3) is 32.0 Å². The zero-order valence-corrected chi connectivity index (χ0v) is 19.6. The van der Waals surface area contributed by atoms with Gasteiger partial charge in [0.2, 0.25) is 0 Å². The molecule has 2 heterocycles. The number of nitrogens with zero attached hydrogens (tertiary/aromatic N) is 3. The van der Waals surface area contributed by atoms with E-state index in [0.717, 1.165) is 26.4 Å². The van der Waals surface area contributed by atoms with Gasteiger partial charge in [-0.05, 0) is 55.2 Å². The van der Waals surface area contributed by atoms with Crippen LogP contribution in [-0.2, 0) is 0 Å². The quantitative estimate of drug-likeness (QED) is 0.250. The van der Waals surface area contributed by atoms with Crippen molar-refractivity contribution in [2.24, 2.45) is 0 Å². The first-order valence-electron chi connectivity index (χ1n) is 10.4. The Morgan fingerprint density at radius 1 is 1.03 bits per heavy atom. The first kappa shape index (κ1) is 21.6. The molecule has 6 nitrogen and oxygen atoms in total. The lowest BCUT2D eigenvalue weighted by atomic mass is 10.0. The smallest absolute Gasteiger partial charge is 0.349 e. The Hall–Kier alpha value is -3.26. The molecule has 0 saturated heterocycles. The molecule has 0 bridgehead atoms. The summed E-state index contributed by atoms with van der Waals surface area (Å²) in [5, 5.41) is 3.76. The van der Waals surface area contributed by atoms with Crippen LogP contribution in [-0.4, -0.2) is 43.0 Å². The molecular formula is C25H20ClN3O3S. The summed E-state index contributed by atoms with van der Waals surface area (Å²) in [6.07, 6.45) is 0. The summed E-state index contributed by atoms with van der Waals surface area (Å²) in [5.41, 5.74) is 0.514. The summed E-state index contributed by atoms with van der Waals surface area (Å²) in [6, 6.07) is 18.5. The van der Waals surface area contributed by atoms with Crippen molar-refractivity contribution in [3.8, 4) is 0 Å². The molecule has 3 aromatic carbocycles. The maximum absolute atomic E-state index is 13.7. The predicted molar refractivity (Wildman–Crippen MR) is 135 cm³/mol. The molecule has 0 aliphatic carbocycles. The molecule has 0 radical (unpaired) electrons. The van der Waals surface area contributed by atoms with E-state index in [1.54, 1.807) is 23.1 Å². The number of fused-ring (bicyclic) bond motifs is 4. The topological polar surface area (TPSA) is 66.7 Å². The number of thiazole rings is 1. The number of halogens is 1. The van der Waals surface area contributed by atoms with Gasteiger partial charge in [-0.1, -0.05) is 53.3 Å². The van der Waals surface area contributed by atoms with E-state index in [0.29, 0.717) is 28.8 Å². The number of anilines is 1. The van der Waals surface area contributed by atoms with Crippen LogP contribution in [0, 0.1) is 0 Å². The lowest BCUT2D eigenvalue weighted by molar-refractivity contribution is 0.0982. The van der Waals surface area contributed by atoms with Crippen LogP contribution in [0.1, 0.15) is 10.4 Å². The van der Waals surface area contributed by atoms with Crippen molar-refractivity contribution in [1.29, 1.82) is 0 Å². The van der Waals surface area contributed by atoms with Gasteiger partial charge in [-0.15, -0.1) is 0 Å². The van der Waals surface area contributed by atoms with Gasteiger partial charge in [-0.3, -0.25) is 9.69 Å². The van der Waals surface area contributed by atoms with Crippen molar-refractivity contribution in [2.45, 2.75) is 0 Å². The van der Waals surface area contributed by atoms with E-state index in [2.05, 4.69) is 4.98 Å². The normalized spacial score (nSPS) is 11.6. The molecule has 0 unspecified atom stereocenters. The van der Waals surface area contributed by atoms with E-state index in [-0.39, 0.29) is 5.56 Å². The van der Waals surface area contributed by atoms with Gasteiger partial charge in [0, 0.05) is 23.5 Å². The average molecular weight is 478 g/mol. The van der Waals surface area contributed by atoms with E-state index >= 15 is 0 Å². The molecule has 166 valence electrons. The first-order chi connectivity index (χ1) is 15.9. The van der Waals surface area contributed by atoms with Crippen molar-refractivity contribution >= 4 is 65.9 Å². The molecule has 5 rings (SSSR count). The number of benzene rings is 3. The SMILES string of the molecule is CN(C)CCN(C(=O)c1cc2c(ccc3ccccc32)oc1=O)c1nc2ccc(Cl)cc2s1. The van der Waals surface area contributed by atoms with Crippen molar-refractivity contribution in [1.82, 2.24) is 9.88 Å². The van der Waals surface area contributed by atoms with Gasteiger partial charge < -0.3 is 9.32 Å². The Bertz CT molecular complexity index is 1570. The second-order valence-electron chi connectivity index (χ2n) is 8.01. The molecule has 0 saturated carbocycles. The third-order valence-electron chi connectivity index (χ3n) is 5.46. The molecular weight excluding hydrogens is 458 g/mol. The molecule has 8 heteroatoms. The van der Waals surface area contributed by atoms with Crippen LogP contribution >= 0.6 is 22.9 Å². The molecule has 0 atom stereocenters. The zero-order chi connectivity index (χ0) is 23.1. The number of hydrogen-bond acceptors (Lipinski definition) is 6. The minimum atomic E-state index is -0.665. The van der Waals surface area contributed by atoms with Gasteiger partial charge in [0.15, 0.2) is 5.13 Å². The number of aromatic nitrogens is 1. The van der Waals surface area contributed by atoms with Crippen LogP contribution in [0.5, 0.6) is 0 Å². The second kappa shape index (κ2) is 8.59. The molecule has 33 heavy (non-hydrogen) atoms. The van der Waals surface area contributed by atoms with Crippen molar-refractivity contribution in [3.05, 3.63) is 81.7 Å². The third kappa shape index (κ3) is 4.11. The van der Waals surface area contributed by atoms with E-state index in [1.165, 1.54) is 11.3 Å². The lowest BCUT2D eigenvalue weighted by Gasteiger charge is -2.21. The summed E-state index contributed by atoms with van der Waals surface area (Å²) in [7, 11) is 3.86. The fourth-order valence-electron chi connectivity index (χ4n) is 3.75. The minimum Gasteiger partial charge on any atom is -0.422 e. The number of rotatable bonds is 5. The van der Waals surface area contributed by atoms with Gasteiger partial charge in [0.05, 0.1) is 10.2 Å². The van der Waals surface area contributed by atoms with Crippen LogP contribution in [0.15, 0.2) is 69.9 Å². The van der Waals surface area contributed by atoms with Crippen LogP contribution in [0.2, 0.25) is 5.02 Å². The molecule has 5 aromatic rings. The predicted octanol–water partition coefficient (Wildman–Crippen LogP) is 5.42. The van der Waals surface area contributed by atoms with Crippen LogP contribution in [0.3, 0.4) is 0 Å². The molecule has 0 aliphatic heterocycles. The van der Waals surface area contributed by atoms with Gasteiger partial charge in [-0.25, -0.2) is 9.78 Å². The zero-order valence-electron chi connectivity index (χ0n) is 18.0. The number of carbonyl (C=O) groups is 1. The fraction of sp³-hybridized carbons (Fsp3) is 0.160. The maximum Gasteiger partial charge on any atom is 0.349 e. The Morgan fingerprint density at radius 2 is 1.85 bits per heavy atom. The van der Waals surface area contributed by atoms with Crippen molar-refractivity contribution in [3.63, 3.8) is 0 Å². The summed E-state index contributed by atoms with van der Waals surface area (Å²) in [5.74, 6) is -0.439. The monoisotopic (exact) mass is 477 g/mol. The standard InChI is InChI=1S/C25H20ClN3O3S/c1-28(2)11-12-29(25-27-20-9-8-16(26)13-22(20)33-25)23(30)19-14-18-17-6-4-3-5-15(17)7-10-21(18)32-24(19)31/h3-10,13-14H,11-12H2,1-2H3. The number of amides is 1. The summed E-state index contributed by atoms with van der Waals surface area (Å²) in [4.78, 5) is 34.7. The van der Waals surface area contributed by atoms with Crippen LogP contribution < -0.4 is 10.5 Å². The highest BCUT2D eigenvalue weighted by Crippen LogP contribution is 2.32. The minimum absolute atomic E-state index is 0.0186. The number of carbonyl (C=O) groups excluding carboxylic acids is 1. The van der Waals surface area contributed by atoms with Crippen molar-refractivity contribution < 1.29 is 9.21 Å². The highest BCUT2D eigenvalue weighted by atomic mass is 35.5. The second-order valence-corrected chi connectivity index (χ2v) is 9.46. The fourth-order valence-corrected chi connectivity index (χ4v) is 5.02. The Kier molecular flexibility index (Phi) is 5.62. The summed E-state index contributed by atoms with van der Waals surface area (Å²) in [6.45, 7) is 0.969. The number of likely N-dealkylation sites (N-methyl/N-ethyl adjacent to an activating group) is 1. The molecule has 0 aliphatic rings. The van der Waals surface area contributed by atoms with Crippen molar-refractivity contribution in [2.75, 3.05) is 32.1 Å². The number of hydrogen-bond donors (Lipinski definition) is 0. The van der Waals surface area contributed by atoms with Gasteiger partial charge >= 0.3 is 5.63 Å². The first-order valence-corrected chi connectivity index (χ1v) is 11.6.